The third kappa shape index (κ3) is 6.81. The van der Waals surface area contributed by atoms with Crippen molar-refractivity contribution in [2.75, 3.05) is 9.80 Å². The number of hydrogen-bond donors (Lipinski definition) is 0. The second-order valence-corrected chi connectivity index (χ2v) is 20.4. The number of hydrogen-bond acceptors (Lipinski definition) is 2. The minimum atomic E-state index is 0.0750. The molecule has 2 fully saturated rings. The lowest BCUT2D eigenvalue weighted by Crippen LogP contribution is -2.51. The molecule has 2 nitrogen and oxygen atoms in total. The molecule has 6 rings (SSSR count). The Hall–Kier alpha value is -3.04. The predicted octanol–water partition coefficient (Wildman–Crippen LogP) is 14.5. The number of rotatable bonds is 6. The quantitative estimate of drug-likeness (QED) is 0.195. The zero-order valence-electron chi connectivity index (χ0n) is 33.1. The van der Waals surface area contributed by atoms with Crippen molar-refractivity contribution in [1.82, 2.24) is 0 Å². The van der Waals surface area contributed by atoms with Gasteiger partial charge in [0.15, 0.2) is 0 Å². The number of anilines is 5. The average Bonchev–Trinajstić information content (AvgIpc) is 3.50. The first-order valence-corrected chi connectivity index (χ1v) is 19.6. The molecule has 0 amide bonds. The highest BCUT2D eigenvalue weighted by Gasteiger charge is 2.61. The van der Waals surface area contributed by atoms with Crippen LogP contribution in [0.15, 0.2) is 89.4 Å². The molecule has 4 aromatic rings. The topological polar surface area (TPSA) is 6.48 Å². The molecular weight excluding hydrogens is 672 g/mol. The van der Waals surface area contributed by atoms with Gasteiger partial charge in [-0.1, -0.05) is 113 Å². The number of fused-ring (bicyclic) bond motifs is 2. The zero-order chi connectivity index (χ0) is 36.6. The first kappa shape index (κ1) is 36.7. The van der Waals surface area contributed by atoms with Crippen LogP contribution in [-0.2, 0) is 16.2 Å². The lowest BCUT2D eigenvalue weighted by atomic mass is 9.67. The number of halogens is 1. The van der Waals surface area contributed by atoms with Gasteiger partial charge in [-0.05, 0) is 152 Å². The summed E-state index contributed by atoms with van der Waals surface area (Å²) in [6.45, 7) is 30.5. The minimum absolute atomic E-state index is 0.0750. The fourth-order valence-electron chi connectivity index (χ4n) is 9.20. The summed E-state index contributed by atoms with van der Waals surface area (Å²) in [7, 11) is 0. The van der Waals surface area contributed by atoms with Gasteiger partial charge in [-0.25, -0.2) is 0 Å². The van der Waals surface area contributed by atoms with Crippen molar-refractivity contribution >= 4 is 44.4 Å². The highest BCUT2D eigenvalue weighted by Crippen LogP contribution is 2.66. The maximum absolute atomic E-state index is 4.13. The lowest BCUT2D eigenvalue weighted by molar-refractivity contribution is 0.140. The average molecular weight is 734 g/mol. The van der Waals surface area contributed by atoms with E-state index in [1.165, 1.54) is 74.4 Å². The van der Waals surface area contributed by atoms with Gasteiger partial charge in [0.25, 0.3) is 0 Å². The van der Waals surface area contributed by atoms with Gasteiger partial charge in [0.1, 0.15) is 0 Å². The van der Waals surface area contributed by atoms with Crippen molar-refractivity contribution < 1.29 is 0 Å². The molecule has 4 aromatic carbocycles. The molecule has 0 spiro atoms. The molecule has 2 saturated carbocycles. The van der Waals surface area contributed by atoms with E-state index in [0.29, 0.717) is 6.04 Å². The molecule has 3 unspecified atom stereocenters. The molecule has 2 bridgehead atoms. The second-order valence-electron chi connectivity index (χ2n) is 19.6. The first-order chi connectivity index (χ1) is 23.1. The molecule has 3 atom stereocenters. The zero-order valence-corrected chi connectivity index (χ0v) is 34.7. The fraction of sp³-hybridized carbons (Fsp3) is 0.489. The summed E-state index contributed by atoms with van der Waals surface area (Å²) in [6, 6.07) is 33.2. The van der Waals surface area contributed by atoms with E-state index in [-0.39, 0.29) is 27.1 Å². The van der Waals surface area contributed by atoms with Gasteiger partial charge in [-0.15, -0.1) is 0 Å². The van der Waals surface area contributed by atoms with Crippen LogP contribution in [0.2, 0.25) is 0 Å². The molecule has 0 heterocycles. The van der Waals surface area contributed by atoms with Crippen LogP contribution >= 0.6 is 15.9 Å². The van der Waals surface area contributed by atoms with Gasteiger partial charge in [0.2, 0.25) is 0 Å². The Morgan fingerprint density at radius 2 is 1.08 bits per heavy atom. The summed E-state index contributed by atoms with van der Waals surface area (Å²) in [5.41, 5.74) is 12.0. The van der Waals surface area contributed by atoms with E-state index in [2.05, 4.69) is 201 Å². The molecule has 0 radical (unpaired) electrons. The van der Waals surface area contributed by atoms with Crippen molar-refractivity contribution in [3.8, 4) is 0 Å². The summed E-state index contributed by atoms with van der Waals surface area (Å²) in [5, 5.41) is 0. The third-order valence-electron chi connectivity index (χ3n) is 12.1. The van der Waals surface area contributed by atoms with E-state index >= 15 is 0 Å². The predicted molar refractivity (Wildman–Crippen MR) is 221 cm³/mol. The fourth-order valence-corrected chi connectivity index (χ4v) is 9.77. The summed E-state index contributed by atoms with van der Waals surface area (Å²) < 4.78 is 1.17. The number of benzene rings is 4. The SMILES string of the molecule is Cc1cc(N(c2ccc(C(C)(C)C)cc2)c2ccc(C(C)(C)C)cc2)cc(N(c2ccc(C(C)(C)C)cc2Br)C2C3(C)CCC(C3)C2(C)C)c1. The largest absolute Gasteiger partial charge is 0.336 e. The second kappa shape index (κ2) is 12.6. The maximum Gasteiger partial charge on any atom is 0.0558 e. The van der Waals surface area contributed by atoms with Gasteiger partial charge >= 0.3 is 0 Å². The Bertz CT molecular complexity index is 1780. The monoisotopic (exact) mass is 732 g/mol. The molecule has 3 heteroatoms. The molecule has 0 saturated heterocycles. The van der Waals surface area contributed by atoms with E-state index < -0.39 is 0 Å². The Morgan fingerprint density at radius 1 is 0.600 bits per heavy atom. The van der Waals surface area contributed by atoms with Gasteiger partial charge in [-0.3, -0.25) is 0 Å². The van der Waals surface area contributed by atoms with Crippen molar-refractivity contribution in [2.45, 2.75) is 132 Å². The molecule has 266 valence electrons. The van der Waals surface area contributed by atoms with Crippen LogP contribution in [0.4, 0.5) is 28.4 Å². The number of aryl methyl sites for hydroxylation is 1. The van der Waals surface area contributed by atoms with Gasteiger partial charge in [0, 0.05) is 33.3 Å². The Balaban J connectivity index is 1.56. The summed E-state index contributed by atoms with van der Waals surface area (Å²) in [4.78, 5) is 5.19. The molecule has 0 aromatic heterocycles. The van der Waals surface area contributed by atoms with Crippen LogP contribution < -0.4 is 9.80 Å². The van der Waals surface area contributed by atoms with E-state index in [9.17, 15) is 0 Å². The summed E-state index contributed by atoms with van der Waals surface area (Å²) in [6.07, 6.45) is 3.91. The number of nitrogens with zero attached hydrogens (tertiary/aromatic N) is 2. The first-order valence-electron chi connectivity index (χ1n) is 18.8. The van der Waals surface area contributed by atoms with E-state index in [1.807, 2.05) is 0 Å². The Labute approximate surface area is 312 Å². The van der Waals surface area contributed by atoms with Crippen LogP contribution in [0, 0.1) is 23.7 Å². The highest BCUT2D eigenvalue weighted by atomic mass is 79.9. The Kier molecular flexibility index (Phi) is 9.24. The van der Waals surface area contributed by atoms with E-state index in [1.54, 1.807) is 0 Å². The lowest BCUT2D eigenvalue weighted by Gasteiger charge is -2.50. The van der Waals surface area contributed by atoms with E-state index in [0.717, 1.165) is 5.92 Å². The minimum Gasteiger partial charge on any atom is -0.336 e. The smallest absolute Gasteiger partial charge is 0.0558 e. The van der Waals surface area contributed by atoms with E-state index in [4.69, 9.17) is 0 Å². The molecular formula is C47H61BrN2. The van der Waals surface area contributed by atoms with Crippen LogP contribution in [0.3, 0.4) is 0 Å². The highest BCUT2D eigenvalue weighted by molar-refractivity contribution is 9.10. The summed E-state index contributed by atoms with van der Waals surface area (Å²) >= 11 is 4.13. The summed E-state index contributed by atoms with van der Waals surface area (Å²) in [5.74, 6) is 0.732. The van der Waals surface area contributed by atoms with Gasteiger partial charge in [0.05, 0.1) is 5.69 Å². The van der Waals surface area contributed by atoms with Gasteiger partial charge < -0.3 is 9.80 Å². The van der Waals surface area contributed by atoms with Crippen LogP contribution in [0.5, 0.6) is 0 Å². The molecule has 2 aliphatic rings. The molecule has 2 aliphatic carbocycles. The standard InChI is InChI=1S/C47H61BrN2/c1-31-26-38(49(36-19-14-32(15-20-36)43(2,3)4)37-21-16-33(17-22-37)44(5,6)7)29-39(27-31)50(41-23-18-34(28-40(41)48)45(8,9)10)42-46(11,12)35-24-25-47(42,13)30-35/h14-23,26-29,35,42H,24-25,30H2,1-13H3. The third-order valence-corrected chi connectivity index (χ3v) is 12.7. The van der Waals surface area contributed by atoms with Crippen molar-refractivity contribution in [2.24, 2.45) is 16.7 Å². The maximum atomic E-state index is 4.13. The Morgan fingerprint density at radius 3 is 1.52 bits per heavy atom. The van der Waals surface area contributed by atoms with Crippen molar-refractivity contribution in [3.05, 3.63) is 112 Å². The normalized spacial score (nSPS) is 21.8. The van der Waals surface area contributed by atoms with Crippen LogP contribution in [0.1, 0.15) is 125 Å². The molecule has 0 N–H and O–H groups in total. The van der Waals surface area contributed by atoms with Crippen LogP contribution in [0.25, 0.3) is 0 Å². The van der Waals surface area contributed by atoms with Crippen molar-refractivity contribution in [3.63, 3.8) is 0 Å². The van der Waals surface area contributed by atoms with Gasteiger partial charge in [-0.2, -0.15) is 0 Å². The molecule has 50 heavy (non-hydrogen) atoms. The molecule has 0 aliphatic heterocycles. The van der Waals surface area contributed by atoms with Crippen molar-refractivity contribution in [1.29, 1.82) is 0 Å². The van der Waals surface area contributed by atoms with Crippen LogP contribution in [-0.4, -0.2) is 6.04 Å².